The van der Waals surface area contributed by atoms with Crippen molar-refractivity contribution in [3.8, 4) is 0 Å². The minimum Gasteiger partial charge on any atom is -0.390 e. The molecule has 1 saturated heterocycles. The quantitative estimate of drug-likeness (QED) is 0.170. The first-order chi connectivity index (χ1) is 21.0. The lowest BCUT2D eigenvalue weighted by Gasteiger charge is -2.33. The number of carbonyl (C=O) groups is 2. The molecular formula is C31H52N4O7S2. The molecule has 5 N–H and O–H groups in total. The molecule has 2 amide bonds. The maximum absolute atomic E-state index is 13.7. The van der Waals surface area contributed by atoms with E-state index < -0.39 is 51.7 Å². The van der Waals surface area contributed by atoms with E-state index in [-0.39, 0.29) is 38.6 Å². The zero-order chi connectivity index (χ0) is 32.1. The Labute approximate surface area is 267 Å². The van der Waals surface area contributed by atoms with Gasteiger partial charge < -0.3 is 25.6 Å². The summed E-state index contributed by atoms with van der Waals surface area (Å²) in [5.41, 5.74) is 0.757. The van der Waals surface area contributed by atoms with Crippen molar-refractivity contribution < 1.29 is 33.3 Å². The molecule has 1 aliphatic heterocycles. The van der Waals surface area contributed by atoms with Crippen molar-refractivity contribution in [2.75, 3.05) is 32.1 Å². The van der Waals surface area contributed by atoms with Gasteiger partial charge in [-0.3, -0.25) is 14.1 Å². The smallest absolute Gasteiger partial charge is 0.253 e. The van der Waals surface area contributed by atoms with Crippen LogP contribution in [0.25, 0.3) is 0 Å². The molecule has 1 heterocycles. The SMILES string of the molecule is CCS[C@H](NC(=O)[C@H](Cc1ccccc1)N=S(=O)(O)N1CCOCC1)C(=O)N[C@@H](CC1CCCCC1)[C@@H](O)[C@@H](O)CC(C)C. The summed E-state index contributed by atoms with van der Waals surface area (Å²) in [4.78, 5) is 27.4. The van der Waals surface area contributed by atoms with Gasteiger partial charge in [0, 0.05) is 19.5 Å². The number of nitrogens with one attached hydrogen (secondary N) is 2. The number of amides is 2. The molecule has 2 fully saturated rings. The van der Waals surface area contributed by atoms with E-state index in [4.69, 9.17) is 4.74 Å². The van der Waals surface area contributed by atoms with Crippen LogP contribution in [0.15, 0.2) is 34.7 Å². The monoisotopic (exact) mass is 656 g/mol. The molecule has 250 valence electrons. The molecule has 1 aromatic carbocycles. The van der Waals surface area contributed by atoms with E-state index in [1.807, 2.05) is 51.1 Å². The van der Waals surface area contributed by atoms with Crippen molar-refractivity contribution in [1.29, 1.82) is 0 Å². The summed E-state index contributed by atoms with van der Waals surface area (Å²) >= 11 is 1.21. The van der Waals surface area contributed by atoms with Crippen LogP contribution < -0.4 is 10.6 Å². The third kappa shape index (κ3) is 11.9. The average molecular weight is 657 g/mol. The topological polar surface area (TPSA) is 161 Å². The fraction of sp³-hybridized carbons (Fsp3) is 0.742. The molecule has 0 bridgehead atoms. The second-order valence-corrected chi connectivity index (χ2v) is 15.3. The van der Waals surface area contributed by atoms with Gasteiger partial charge in [-0.15, -0.1) is 11.8 Å². The van der Waals surface area contributed by atoms with Crippen LogP contribution >= 0.6 is 11.8 Å². The van der Waals surface area contributed by atoms with Crippen LogP contribution in [0.5, 0.6) is 0 Å². The molecule has 1 unspecified atom stereocenters. The second-order valence-electron chi connectivity index (χ2n) is 12.2. The molecule has 3 rings (SSSR count). The highest BCUT2D eigenvalue weighted by Crippen LogP contribution is 2.29. The number of aliphatic hydroxyl groups is 2. The molecule has 1 aromatic rings. The Hall–Kier alpha value is -1.74. The van der Waals surface area contributed by atoms with Gasteiger partial charge in [-0.2, -0.15) is 8.67 Å². The highest BCUT2D eigenvalue weighted by Gasteiger charge is 2.34. The van der Waals surface area contributed by atoms with E-state index in [9.17, 15) is 28.6 Å². The Morgan fingerprint density at radius 3 is 2.34 bits per heavy atom. The number of morpholine rings is 1. The van der Waals surface area contributed by atoms with Gasteiger partial charge in [0.05, 0.1) is 25.4 Å². The third-order valence-corrected chi connectivity index (χ3v) is 10.7. The lowest BCUT2D eigenvalue weighted by molar-refractivity contribution is -0.129. The van der Waals surface area contributed by atoms with Crippen LogP contribution in [0.3, 0.4) is 0 Å². The number of hydrogen-bond donors (Lipinski definition) is 5. The normalized spacial score (nSPS) is 21.4. The number of rotatable bonds is 16. The molecular weight excluding hydrogens is 604 g/mol. The average Bonchev–Trinajstić information content (AvgIpc) is 3.00. The van der Waals surface area contributed by atoms with Gasteiger partial charge in [-0.05, 0) is 36.0 Å². The summed E-state index contributed by atoms with van der Waals surface area (Å²) in [6, 6.07) is 7.19. The Bertz CT molecular complexity index is 1140. The van der Waals surface area contributed by atoms with E-state index in [0.717, 1.165) is 31.2 Å². The maximum Gasteiger partial charge on any atom is 0.253 e. The predicted molar refractivity (Wildman–Crippen MR) is 174 cm³/mol. The van der Waals surface area contributed by atoms with E-state index in [0.29, 0.717) is 24.5 Å². The summed E-state index contributed by atoms with van der Waals surface area (Å²) in [6.45, 7) is 6.80. The predicted octanol–water partition coefficient (Wildman–Crippen LogP) is 3.20. The molecule has 44 heavy (non-hydrogen) atoms. The van der Waals surface area contributed by atoms with Crippen molar-refractivity contribution in [2.45, 2.75) is 102 Å². The summed E-state index contributed by atoms with van der Waals surface area (Å²) in [5.74, 6) is -0.131. The van der Waals surface area contributed by atoms with Crippen LogP contribution in [0, 0.1) is 11.8 Å². The number of nitrogens with zero attached hydrogens (tertiary/aromatic N) is 2. The Balaban J connectivity index is 1.81. The van der Waals surface area contributed by atoms with Gasteiger partial charge in [0.25, 0.3) is 5.91 Å². The van der Waals surface area contributed by atoms with Crippen LogP contribution in [-0.2, 0) is 30.9 Å². The molecule has 13 heteroatoms. The first-order valence-electron chi connectivity index (χ1n) is 15.9. The van der Waals surface area contributed by atoms with Gasteiger partial charge in [0.1, 0.15) is 12.1 Å². The minimum atomic E-state index is -3.88. The standard InChI is InChI=1S/C31H52N4O7S2/c1-4-43-31(30(39)32-25(20-23-11-7-5-8-12-23)28(37)27(36)19-22(2)3)33-29(38)26(21-24-13-9-6-10-14-24)34-44(40,41)35-15-17-42-18-16-35/h6,9-10,13-14,22-23,25-28,31,36-37H,4-5,7-8,11-12,15-21H2,1-3H3,(H,32,39)(H,33,38)(H,34,40,41)/t25-,26-,27-,28+,31-/m0/s1. The summed E-state index contributed by atoms with van der Waals surface area (Å²) in [6.07, 6.45) is 4.26. The first-order valence-corrected chi connectivity index (χ1v) is 18.4. The van der Waals surface area contributed by atoms with Crippen LogP contribution in [0.4, 0.5) is 0 Å². The molecule has 1 aliphatic carbocycles. The summed E-state index contributed by atoms with van der Waals surface area (Å²) < 4.78 is 34.9. The minimum absolute atomic E-state index is 0.0735. The molecule has 0 spiro atoms. The number of ether oxygens (including phenoxy) is 1. The number of hydrogen-bond acceptors (Lipinski definition) is 8. The second kappa shape index (κ2) is 18.4. The van der Waals surface area contributed by atoms with Crippen molar-refractivity contribution in [3.63, 3.8) is 0 Å². The van der Waals surface area contributed by atoms with E-state index in [1.165, 1.54) is 22.5 Å². The van der Waals surface area contributed by atoms with Crippen LogP contribution in [0.1, 0.15) is 71.3 Å². The van der Waals surface area contributed by atoms with E-state index in [1.54, 1.807) is 0 Å². The van der Waals surface area contributed by atoms with Crippen molar-refractivity contribution in [3.05, 3.63) is 35.9 Å². The summed E-state index contributed by atoms with van der Waals surface area (Å²) in [7, 11) is -3.88. The zero-order valence-electron chi connectivity index (χ0n) is 26.3. The highest BCUT2D eigenvalue weighted by atomic mass is 32.2. The van der Waals surface area contributed by atoms with Gasteiger partial charge in [0.15, 0.2) is 5.37 Å². The Morgan fingerprint density at radius 1 is 1.07 bits per heavy atom. The highest BCUT2D eigenvalue weighted by molar-refractivity contribution is 8.00. The molecule has 11 nitrogen and oxygen atoms in total. The molecule has 1 saturated carbocycles. The maximum atomic E-state index is 13.7. The lowest BCUT2D eigenvalue weighted by Crippen LogP contribution is -2.55. The zero-order valence-corrected chi connectivity index (χ0v) is 27.9. The number of benzene rings is 1. The van der Waals surface area contributed by atoms with Crippen molar-refractivity contribution >= 4 is 33.8 Å². The van der Waals surface area contributed by atoms with Gasteiger partial charge >= 0.3 is 0 Å². The van der Waals surface area contributed by atoms with Gasteiger partial charge in [0.2, 0.25) is 16.1 Å². The lowest BCUT2D eigenvalue weighted by atomic mass is 9.82. The molecule has 0 radical (unpaired) electrons. The van der Waals surface area contributed by atoms with Crippen LogP contribution in [-0.4, -0.2) is 96.8 Å². The molecule has 6 atom stereocenters. The Morgan fingerprint density at radius 2 is 1.73 bits per heavy atom. The molecule has 2 aliphatic rings. The molecule has 0 aromatic heterocycles. The summed E-state index contributed by atoms with van der Waals surface area (Å²) in [5, 5.41) is 26.6. The van der Waals surface area contributed by atoms with E-state index in [2.05, 4.69) is 15.0 Å². The largest absolute Gasteiger partial charge is 0.390 e. The van der Waals surface area contributed by atoms with E-state index >= 15 is 0 Å². The fourth-order valence-electron chi connectivity index (χ4n) is 5.82. The Kier molecular flexibility index (Phi) is 15.4. The fourth-order valence-corrected chi connectivity index (χ4v) is 7.83. The number of carbonyl (C=O) groups excluding carboxylic acids is 2. The third-order valence-electron chi connectivity index (χ3n) is 8.15. The first kappa shape index (κ1) is 36.7. The number of thioether (sulfide) groups is 1. The number of aliphatic hydroxyl groups excluding tert-OH is 2. The van der Waals surface area contributed by atoms with Crippen LogP contribution in [0.2, 0.25) is 0 Å². The van der Waals surface area contributed by atoms with Crippen molar-refractivity contribution in [2.24, 2.45) is 16.2 Å². The van der Waals surface area contributed by atoms with Crippen molar-refractivity contribution in [1.82, 2.24) is 14.9 Å². The van der Waals surface area contributed by atoms with Gasteiger partial charge in [-0.1, -0.05) is 83.2 Å². The van der Waals surface area contributed by atoms with Gasteiger partial charge in [-0.25, -0.2) is 4.21 Å².